The third kappa shape index (κ3) is 5.58. The molecule has 2 amide bonds. The number of hydrogen-bond acceptors (Lipinski definition) is 3. The zero-order chi connectivity index (χ0) is 18.4. The van der Waals surface area contributed by atoms with E-state index in [9.17, 15) is 9.59 Å². The van der Waals surface area contributed by atoms with Gasteiger partial charge in [-0.25, -0.2) is 0 Å². The Balaban J connectivity index is 0.00000338. The van der Waals surface area contributed by atoms with Crippen LogP contribution in [0.4, 0.5) is 5.69 Å². The van der Waals surface area contributed by atoms with E-state index in [2.05, 4.69) is 0 Å². The first kappa shape index (κ1) is 21.7. The Hall–Kier alpha value is -2.37. The largest absolute Gasteiger partial charge is 0.370 e. The van der Waals surface area contributed by atoms with Gasteiger partial charge in [0.05, 0.1) is 5.92 Å². The molecule has 2 unspecified atom stereocenters. The van der Waals surface area contributed by atoms with Crippen molar-refractivity contribution in [3.8, 4) is 0 Å². The summed E-state index contributed by atoms with van der Waals surface area (Å²) in [7, 11) is 0. The molecule has 0 radical (unpaired) electrons. The molecule has 0 saturated heterocycles. The second-order valence-electron chi connectivity index (χ2n) is 6.27. The van der Waals surface area contributed by atoms with Gasteiger partial charge in [0, 0.05) is 24.7 Å². The van der Waals surface area contributed by atoms with Crippen LogP contribution in [0.5, 0.6) is 0 Å². The van der Waals surface area contributed by atoms with E-state index in [1.807, 2.05) is 68.4 Å². The molecule has 0 bridgehead atoms. The molecule has 0 aromatic heterocycles. The minimum atomic E-state index is -0.439. The predicted molar refractivity (Wildman–Crippen MR) is 107 cm³/mol. The number of anilines is 1. The van der Waals surface area contributed by atoms with Gasteiger partial charge in [-0.3, -0.25) is 9.59 Å². The maximum atomic E-state index is 13.1. The van der Waals surface area contributed by atoms with Gasteiger partial charge in [-0.15, -0.1) is 12.4 Å². The number of halogens is 1. The number of carbonyl (C=O) groups excluding carboxylic acids is 2. The molecule has 2 atom stereocenters. The number of aryl methyl sites for hydroxylation is 1. The van der Waals surface area contributed by atoms with E-state index in [0.29, 0.717) is 0 Å². The van der Waals surface area contributed by atoms with E-state index in [4.69, 9.17) is 11.5 Å². The Morgan fingerprint density at radius 3 is 2.31 bits per heavy atom. The Labute approximate surface area is 160 Å². The maximum absolute atomic E-state index is 13.1. The van der Waals surface area contributed by atoms with Crippen LogP contribution in [-0.2, 0) is 9.59 Å². The number of primary amides is 1. The first-order valence-electron chi connectivity index (χ1n) is 8.37. The number of benzene rings is 2. The highest BCUT2D eigenvalue weighted by atomic mass is 35.5. The number of hydrogen-bond donors (Lipinski definition) is 2. The van der Waals surface area contributed by atoms with Crippen molar-refractivity contribution >= 4 is 29.9 Å². The van der Waals surface area contributed by atoms with Gasteiger partial charge in [-0.05, 0) is 30.2 Å². The smallest absolute Gasteiger partial charge is 0.231 e. The second kappa shape index (κ2) is 9.94. The van der Waals surface area contributed by atoms with Gasteiger partial charge in [0.15, 0.2) is 0 Å². The van der Waals surface area contributed by atoms with Crippen molar-refractivity contribution in [3.05, 3.63) is 65.7 Å². The summed E-state index contributed by atoms with van der Waals surface area (Å²) in [5.74, 6) is -0.996. The molecule has 2 rings (SSSR count). The van der Waals surface area contributed by atoms with Crippen LogP contribution in [0.15, 0.2) is 54.6 Å². The lowest BCUT2D eigenvalue weighted by molar-refractivity contribution is -0.122. The lowest BCUT2D eigenvalue weighted by Crippen LogP contribution is -2.41. The highest BCUT2D eigenvalue weighted by molar-refractivity contribution is 5.96. The molecule has 0 spiro atoms. The third-order valence-electron chi connectivity index (χ3n) is 4.27. The fraction of sp³-hybridized carbons (Fsp3) is 0.300. The molecular weight excluding hydrogens is 350 g/mol. The summed E-state index contributed by atoms with van der Waals surface area (Å²) < 4.78 is 0. The molecule has 5 nitrogen and oxygen atoms in total. The topological polar surface area (TPSA) is 89.4 Å². The molecule has 0 fully saturated rings. The van der Waals surface area contributed by atoms with E-state index in [1.54, 1.807) is 4.90 Å². The number of rotatable bonds is 7. The van der Waals surface area contributed by atoms with E-state index >= 15 is 0 Å². The van der Waals surface area contributed by atoms with E-state index < -0.39 is 17.9 Å². The van der Waals surface area contributed by atoms with Crippen molar-refractivity contribution in [2.75, 3.05) is 11.4 Å². The minimum Gasteiger partial charge on any atom is -0.370 e. The zero-order valence-electron chi connectivity index (χ0n) is 15.1. The summed E-state index contributed by atoms with van der Waals surface area (Å²) in [6.07, 6.45) is 0.104. The van der Waals surface area contributed by atoms with Crippen LogP contribution in [0.3, 0.4) is 0 Å². The zero-order valence-corrected chi connectivity index (χ0v) is 15.9. The summed E-state index contributed by atoms with van der Waals surface area (Å²) in [6.45, 7) is 4.01. The van der Waals surface area contributed by atoms with Crippen LogP contribution in [0.1, 0.15) is 30.5 Å². The first-order valence-corrected chi connectivity index (χ1v) is 8.37. The quantitative estimate of drug-likeness (QED) is 0.779. The van der Waals surface area contributed by atoms with Gasteiger partial charge in [0.2, 0.25) is 11.8 Å². The van der Waals surface area contributed by atoms with Crippen LogP contribution in [0.2, 0.25) is 0 Å². The molecule has 2 aromatic rings. The first-order chi connectivity index (χ1) is 11.9. The van der Waals surface area contributed by atoms with Crippen LogP contribution >= 0.6 is 12.4 Å². The standard InChI is InChI=1S/C20H25N3O2.ClH/c1-14-7-6-10-17(13-14)23(12-11-18(21)24)20(25)15(2)19(22)16-8-4-3-5-9-16;/h3-10,13,15,19H,11-12,22H2,1-2H3,(H2,21,24);1H. The van der Waals surface area contributed by atoms with Gasteiger partial charge < -0.3 is 16.4 Å². The molecule has 140 valence electrons. The average Bonchev–Trinajstić information content (AvgIpc) is 2.61. The van der Waals surface area contributed by atoms with Crippen molar-refractivity contribution in [2.45, 2.75) is 26.3 Å². The molecular formula is C20H26ClN3O2. The Bertz CT molecular complexity index is 737. The highest BCUT2D eigenvalue weighted by Gasteiger charge is 2.27. The van der Waals surface area contributed by atoms with E-state index in [0.717, 1.165) is 16.8 Å². The minimum absolute atomic E-state index is 0. The Kier molecular flexibility index (Phi) is 8.29. The molecule has 0 saturated carbocycles. The molecule has 26 heavy (non-hydrogen) atoms. The van der Waals surface area contributed by atoms with Gasteiger partial charge in [0.1, 0.15) is 0 Å². The summed E-state index contributed by atoms with van der Waals surface area (Å²) in [4.78, 5) is 25.9. The fourth-order valence-electron chi connectivity index (χ4n) is 2.75. The maximum Gasteiger partial charge on any atom is 0.231 e. The van der Waals surface area contributed by atoms with Gasteiger partial charge >= 0.3 is 0 Å². The number of nitrogens with two attached hydrogens (primary N) is 2. The SMILES string of the molecule is Cc1cccc(N(CCC(N)=O)C(=O)C(C)C(N)c2ccccc2)c1.Cl. The van der Waals surface area contributed by atoms with Gasteiger partial charge in [0.25, 0.3) is 0 Å². The summed E-state index contributed by atoms with van der Waals surface area (Å²) in [5.41, 5.74) is 14.3. The molecule has 0 aliphatic rings. The van der Waals surface area contributed by atoms with Crippen LogP contribution in [0, 0.1) is 12.8 Å². The summed E-state index contributed by atoms with van der Waals surface area (Å²) >= 11 is 0. The molecule has 6 heteroatoms. The van der Waals surface area contributed by atoms with Crippen molar-refractivity contribution in [2.24, 2.45) is 17.4 Å². The molecule has 0 aliphatic carbocycles. The normalized spacial score (nSPS) is 12.6. The van der Waals surface area contributed by atoms with E-state index in [1.165, 1.54) is 0 Å². The van der Waals surface area contributed by atoms with Crippen molar-refractivity contribution in [1.82, 2.24) is 0 Å². The Morgan fingerprint density at radius 2 is 1.73 bits per heavy atom. The van der Waals surface area contributed by atoms with Crippen molar-refractivity contribution < 1.29 is 9.59 Å². The Morgan fingerprint density at radius 1 is 1.08 bits per heavy atom. The van der Waals surface area contributed by atoms with Gasteiger partial charge in [-0.1, -0.05) is 49.4 Å². The fourth-order valence-corrected chi connectivity index (χ4v) is 2.75. The predicted octanol–water partition coefficient (Wildman–Crippen LogP) is 2.96. The average molecular weight is 376 g/mol. The summed E-state index contributed by atoms with van der Waals surface area (Å²) in [5, 5.41) is 0. The number of carbonyl (C=O) groups is 2. The number of nitrogens with zero attached hydrogens (tertiary/aromatic N) is 1. The van der Waals surface area contributed by atoms with Crippen LogP contribution < -0.4 is 16.4 Å². The van der Waals surface area contributed by atoms with Crippen molar-refractivity contribution in [3.63, 3.8) is 0 Å². The van der Waals surface area contributed by atoms with Crippen molar-refractivity contribution in [1.29, 1.82) is 0 Å². The van der Waals surface area contributed by atoms with Gasteiger partial charge in [-0.2, -0.15) is 0 Å². The highest BCUT2D eigenvalue weighted by Crippen LogP contribution is 2.25. The third-order valence-corrected chi connectivity index (χ3v) is 4.27. The van der Waals surface area contributed by atoms with E-state index in [-0.39, 0.29) is 31.3 Å². The monoisotopic (exact) mass is 375 g/mol. The van der Waals surface area contributed by atoms with Crippen LogP contribution in [-0.4, -0.2) is 18.4 Å². The molecule has 0 heterocycles. The second-order valence-corrected chi connectivity index (χ2v) is 6.27. The molecule has 2 aromatic carbocycles. The molecule has 4 N–H and O–H groups in total. The number of amides is 2. The molecule has 0 aliphatic heterocycles. The lowest BCUT2D eigenvalue weighted by atomic mass is 9.94. The summed E-state index contributed by atoms with van der Waals surface area (Å²) in [6, 6.07) is 16.7. The lowest BCUT2D eigenvalue weighted by Gasteiger charge is -2.28. The van der Waals surface area contributed by atoms with Crippen LogP contribution in [0.25, 0.3) is 0 Å².